The predicted octanol–water partition coefficient (Wildman–Crippen LogP) is 5.83. The van der Waals surface area contributed by atoms with Gasteiger partial charge in [0.25, 0.3) is 0 Å². The zero-order valence-electron chi connectivity index (χ0n) is 14.8. The number of hydrogen-bond donors (Lipinski definition) is 0. The summed E-state index contributed by atoms with van der Waals surface area (Å²) in [5.41, 5.74) is 2.15. The summed E-state index contributed by atoms with van der Waals surface area (Å²) in [4.78, 5) is 1.31. The third-order valence-electron chi connectivity index (χ3n) is 4.78. The fourth-order valence-corrected chi connectivity index (χ4v) is 5.41. The summed E-state index contributed by atoms with van der Waals surface area (Å²) >= 11 is 1.85. The average molecular weight is 362 g/mol. The lowest BCUT2D eigenvalue weighted by Gasteiger charge is -2.30. The molecule has 0 amide bonds. The van der Waals surface area contributed by atoms with Crippen LogP contribution in [0.2, 0.25) is 0 Å². The highest BCUT2D eigenvalue weighted by Crippen LogP contribution is 2.50. The lowest BCUT2D eigenvalue weighted by atomic mass is 9.83. The first-order valence-corrected chi connectivity index (χ1v) is 9.70. The molecule has 1 aliphatic rings. The molecule has 0 aliphatic carbocycles. The molecule has 0 fully saturated rings. The maximum absolute atomic E-state index is 13.6. The number of halogens is 2. The Morgan fingerprint density at radius 2 is 1.84 bits per heavy atom. The molecule has 134 valence electrons. The first-order chi connectivity index (χ1) is 12.0. The van der Waals surface area contributed by atoms with Crippen molar-refractivity contribution in [2.24, 2.45) is 5.92 Å². The summed E-state index contributed by atoms with van der Waals surface area (Å²) < 4.78 is 32.9. The van der Waals surface area contributed by atoms with E-state index < -0.39 is 11.6 Å². The Labute approximate surface area is 152 Å². The Morgan fingerprint density at radius 3 is 2.52 bits per heavy atom. The fraction of sp³-hybridized carbons (Fsp3) is 0.429. The van der Waals surface area contributed by atoms with Gasteiger partial charge < -0.3 is 4.74 Å². The molecule has 0 aromatic heterocycles. The van der Waals surface area contributed by atoms with Gasteiger partial charge in [-0.2, -0.15) is 0 Å². The third kappa shape index (κ3) is 3.90. The summed E-state index contributed by atoms with van der Waals surface area (Å²) in [5.74, 6) is -0.730. The maximum atomic E-state index is 13.6. The van der Waals surface area contributed by atoms with E-state index in [4.69, 9.17) is 4.74 Å². The first kappa shape index (κ1) is 18.4. The van der Waals surface area contributed by atoms with Gasteiger partial charge in [-0.3, -0.25) is 0 Å². The highest BCUT2D eigenvalue weighted by Gasteiger charge is 2.40. The molecule has 3 atom stereocenters. The van der Waals surface area contributed by atoms with Crippen molar-refractivity contribution in [1.29, 1.82) is 0 Å². The molecular weight excluding hydrogens is 338 g/mol. The molecule has 3 unspecified atom stereocenters. The molecule has 0 radical (unpaired) electrons. The fourth-order valence-electron chi connectivity index (χ4n) is 3.69. The number of thioether (sulfide) groups is 1. The number of hydrogen-bond acceptors (Lipinski definition) is 2. The zero-order chi connectivity index (χ0) is 18.0. The van der Waals surface area contributed by atoms with Crippen LogP contribution in [-0.4, -0.2) is 18.0 Å². The van der Waals surface area contributed by atoms with Gasteiger partial charge in [0, 0.05) is 22.7 Å². The van der Waals surface area contributed by atoms with Gasteiger partial charge in [0.2, 0.25) is 0 Å². The molecular formula is C21H24F2OS. The smallest absolute Gasteiger partial charge is 0.159 e. The van der Waals surface area contributed by atoms with Crippen molar-refractivity contribution in [2.45, 2.75) is 49.4 Å². The van der Waals surface area contributed by atoms with Crippen molar-refractivity contribution in [2.75, 3.05) is 6.61 Å². The van der Waals surface area contributed by atoms with E-state index in [1.807, 2.05) is 18.7 Å². The highest BCUT2D eigenvalue weighted by atomic mass is 32.2. The Hall–Kier alpha value is -1.39. The quantitative estimate of drug-likeness (QED) is 0.640. The molecule has 1 nitrogen and oxygen atoms in total. The molecule has 0 bridgehead atoms. The van der Waals surface area contributed by atoms with Crippen LogP contribution in [0.25, 0.3) is 0 Å². The number of ether oxygens (including phenoxy) is 1. The van der Waals surface area contributed by atoms with E-state index in [2.05, 4.69) is 38.1 Å². The molecule has 2 aromatic carbocycles. The van der Waals surface area contributed by atoms with Crippen LogP contribution in [-0.2, 0) is 11.2 Å². The Morgan fingerprint density at radius 1 is 1.08 bits per heavy atom. The Kier molecular flexibility index (Phi) is 5.80. The highest BCUT2D eigenvalue weighted by molar-refractivity contribution is 8.00. The van der Waals surface area contributed by atoms with Crippen LogP contribution in [0.4, 0.5) is 8.78 Å². The second kappa shape index (κ2) is 7.88. The van der Waals surface area contributed by atoms with E-state index in [9.17, 15) is 8.78 Å². The molecule has 0 saturated heterocycles. The van der Waals surface area contributed by atoms with Crippen molar-refractivity contribution in [3.8, 4) is 0 Å². The Balaban J connectivity index is 1.88. The standard InChI is InChI=1S/C21H24F2OS/c1-4-24-18(12-14-9-10-16(22)17(23)11-14)21-20(13(2)3)15-7-5-6-8-19(15)25-21/h5-11,13,18,20-21H,4,12H2,1-3H3. The normalized spacial score (nSPS) is 20.7. The molecule has 2 aromatic rings. The molecule has 0 saturated carbocycles. The first-order valence-electron chi connectivity index (χ1n) is 8.82. The van der Waals surface area contributed by atoms with Gasteiger partial charge in [0.05, 0.1) is 6.10 Å². The van der Waals surface area contributed by atoms with Crippen molar-refractivity contribution in [3.63, 3.8) is 0 Å². The number of fused-ring (bicyclic) bond motifs is 1. The van der Waals surface area contributed by atoms with E-state index in [1.54, 1.807) is 6.07 Å². The molecule has 0 N–H and O–H groups in total. The molecule has 1 heterocycles. The third-order valence-corrected chi connectivity index (χ3v) is 6.28. The zero-order valence-corrected chi connectivity index (χ0v) is 15.7. The van der Waals surface area contributed by atoms with Gasteiger partial charge in [0.15, 0.2) is 11.6 Å². The van der Waals surface area contributed by atoms with Crippen molar-refractivity contribution in [1.82, 2.24) is 0 Å². The van der Waals surface area contributed by atoms with Gasteiger partial charge in [-0.1, -0.05) is 38.1 Å². The SMILES string of the molecule is CCOC(Cc1ccc(F)c(F)c1)C1Sc2ccccc2C1C(C)C. The molecule has 25 heavy (non-hydrogen) atoms. The van der Waals surface area contributed by atoms with Gasteiger partial charge in [-0.05, 0) is 48.6 Å². The minimum atomic E-state index is -0.806. The number of benzene rings is 2. The van der Waals surface area contributed by atoms with Crippen molar-refractivity contribution in [3.05, 3.63) is 65.2 Å². The van der Waals surface area contributed by atoms with E-state index in [0.29, 0.717) is 24.9 Å². The van der Waals surface area contributed by atoms with Crippen LogP contribution in [0.1, 0.15) is 37.8 Å². The van der Waals surface area contributed by atoms with Gasteiger partial charge in [-0.25, -0.2) is 8.78 Å². The summed E-state index contributed by atoms with van der Waals surface area (Å²) in [6.07, 6.45) is 0.541. The van der Waals surface area contributed by atoms with Crippen LogP contribution in [0.3, 0.4) is 0 Å². The van der Waals surface area contributed by atoms with Crippen LogP contribution in [0, 0.1) is 17.6 Å². The molecule has 0 spiro atoms. The molecule has 1 aliphatic heterocycles. The van der Waals surface area contributed by atoms with Crippen LogP contribution in [0.15, 0.2) is 47.4 Å². The second-order valence-electron chi connectivity index (χ2n) is 6.84. The Bertz CT molecular complexity index is 732. The summed E-state index contributed by atoms with van der Waals surface area (Å²) in [7, 11) is 0. The number of rotatable bonds is 6. The topological polar surface area (TPSA) is 9.23 Å². The van der Waals surface area contributed by atoms with Crippen LogP contribution >= 0.6 is 11.8 Å². The summed E-state index contributed by atoms with van der Waals surface area (Å²) in [6.45, 7) is 7.06. The van der Waals surface area contributed by atoms with Crippen LogP contribution < -0.4 is 0 Å². The maximum Gasteiger partial charge on any atom is 0.159 e. The molecule has 3 rings (SSSR count). The van der Waals surface area contributed by atoms with E-state index in [-0.39, 0.29) is 11.4 Å². The van der Waals surface area contributed by atoms with E-state index in [0.717, 1.165) is 5.56 Å². The van der Waals surface area contributed by atoms with Crippen molar-refractivity contribution >= 4 is 11.8 Å². The lowest BCUT2D eigenvalue weighted by Crippen LogP contribution is -2.33. The molecule has 4 heteroatoms. The summed E-state index contributed by atoms with van der Waals surface area (Å²) in [6, 6.07) is 12.7. The minimum absolute atomic E-state index is 0.0420. The minimum Gasteiger partial charge on any atom is -0.377 e. The largest absolute Gasteiger partial charge is 0.377 e. The van der Waals surface area contributed by atoms with E-state index >= 15 is 0 Å². The van der Waals surface area contributed by atoms with E-state index in [1.165, 1.54) is 22.6 Å². The monoisotopic (exact) mass is 362 g/mol. The van der Waals surface area contributed by atoms with Gasteiger partial charge in [-0.15, -0.1) is 11.8 Å². The van der Waals surface area contributed by atoms with Crippen LogP contribution in [0.5, 0.6) is 0 Å². The average Bonchev–Trinajstić information content (AvgIpc) is 2.97. The lowest BCUT2D eigenvalue weighted by molar-refractivity contribution is 0.0541. The summed E-state index contributed by atoms with van der Waals surface area (Å²) in [5, 5.41) is 0.269. The predicted molar refractivity (Wildman–Crippen MR) is 99.1 cm³/mol. The van der Waals surface area contributed by atoms with Gasteiger partial charge >= 0.3 is 0 Å². The second-order valence-corrected chi connectivity index (χ2v) is 8.06. The van der Waals surface area contributed by atoms with Crippen molar-refractivity contribution < 1.29 is 13.5 Å². The van der Waals surface area contributed by atoms with Gasteiger partial charge in [0.1, 0.15) is 0 Å².